The molecule has 0 amide bonds. The van der Waals surface area contributed by atoms with E-state index in [4.69, 9.17) is 16.0 Å². The minimum atomic E-state index is -0.471. The van der Waals surface area contributed by atoms with E-state index >= 15 is 0 Å². The number of furan rings is 1. The molecular weight excluding hydrogens is 253 g/mol. The molecule has 1 aromatic carbocycles. The van der Waals surface area contributed by atoms with Crippen LogP contribution in [0.3, 0.4) is 0 Å². The second-order valence-corrected chi connectivity index (χ2v) is 5.28. The van der Waals surface area contributed by atoms with Crippen LogP contribution < -0.4 is 5.32 Å². The predicted molar refractivity (Wildman–Crippen MR) is 72.5 cm³/mol. The van der Waals surface area contributed by atoms with Crippen molar-refractivity contribution in [3.63, 3.8) is 0 Å². The first kappa shape index (κ1) is 13.4. The lowest BCUT2D eigenvalue weighted by Gasteiger charge is -2.05. The van der Waals surface area contributed by atoms with E-state index in [2.05, 4.69) is 19.2 Å². The number of hydrogen-bond acceptors (Lipinski definition) is 2. The van der Waals surface area contributed by atoms with Crippen molar-refractivity contribution in [3.8, 4) is 0 Å². The normalized spacial score (nSPS) is 11.7. The van der Waals surface area contributed by atoms with E-state index in [1.54, 1.807) is 6.07 Å². The Hall–Kier alpha value is -1.06. The smallest absolute Gasteiger partial charge is 0.184 e. The van der Waals surface area contributed by atoms with Crippen molar-refractivity contribution in [2.24, 2.45) is 5.92 Å². The van der Waals surface area contributed by atoms with Gasteiger partial charge in [0.1, 0.15) is 5.76 Å². The highest BCUT2D eigenvalue weighted by Crippen LogP contribution is 2.32. The van der Waals surface area contributed by atoms with Crippen molar-refractivity contribution < 1.29 is 8.81 Å². The second kappa shape index (κ2) is 5.29. The lowest BCUT2D eigenvalue weighted by molar-refractivity contribution is 0.497. The molecule has 98 valence electrons. The molecule has 2 rings (SSSR count). The maximum Gasteiger partial charge on any atom is 0.184 e. The van der Waals surface area contributed by atoms with Crippen molar-refractivity contribution in [1.29, 1.82) is 0 Å². The fourth-order valence-corrected chi connectivity index (χ4v) is 2.29. The molecule has 1 aromatic heterocycles. The van der Waals surface area contributed by atoms with Crippen LogP contribution in [0.1, 0.15) is 25.2 Å². The molecule has 1 heterocycles. The number of fused-ring (bicyclic) bond motifs is 1. The molecule has 0 saturated carbocycles. The first-order valence-electron chi connectivity index (χ1n) is 6.07. The van der Waals surface area contributed by atoms with Gasteiger partial charge in [-0.05, 0) is 31.5 Å². The highest BCUT2D eigenvalue weighted by Gasteiger charge is 2.18. The molecule has 0 aliphatic heterocycles. The summed E-state index contributed by atoms with van der Waals surface area (Å²) in [6.45, 7) is 4.86. The zero-order valence-electron chi connectivity index (χ0n) is 10.8. The van der Waals surface area contributed by atoms with Gasteiger partial charge in [-0.2, -0.15) is 0 Å². The number of rotatable bonds is 4. The van der Waals surface area contributed by atoms with Crippen molar-refractivity contribution in [2.45, 2.75) is 26.8 Å². The third kappa shape index (κ3) is 2.38. The monoisotopic (exact) mass is 269 g/mol. The van der Waals surface area contributed by atoms with Crippen LogP contribution in [-0.4, -0.2) is 7.05 Å². The lowest BCUT2D eigenvalue weighted by atomic mass is 9.99. The largest absolute Gasteiger partial charge is 0.456 e. The Kier molecular flexibility index (Phi) is 3.93. The third-order valence-electron chi connectivity index (χ3n) is 2.89. The highest BCUT2D eigenvalue weighted by atomic mass is 35.5. The fourth-order valence-electron chi connectivity index (χ4n) is 2.14. The lowest BCUT2D eigenvalue weighted by Crippen LogP contribution is -2.07. The summed E-state index contributed by atoms with van der Waals surface area (Å²) < 4.78 is 19.6. The molecule has 2 aromatic rings. The zero-order chi connectivity index (χ0) is 13.3. The molecule has 0 aliphatic carbocycles. The zero-order valence-corrected chi connectivity index (χ0v) is 11.6. The Morgan fingerprint density at radius 1 is 1.39 bits per heavy atom. The summed E-state index contributed by atoms with van der Waals surface area (Å²) >= 11 is 5.78. The van der Waals surface area contributed by atoms with Gasteiger partial charge >= 0.3 is 0 Å². The highest BCUT2D eigenvalue weighted by molar-refractivity contribution is 6.31. The van der Waals surface area contributed by atoms with E-state index in [9.17, 15) is 4.39 Å². The van der Waals surface area contributed by atoms with Crippen LogP contribution in [0.15, 0.2) is 16.5 Å². The van der Waals surface area contributed by atoms with Gasteiger partial charge in [-0.25, -0.2) is 4.39 Å². The predicted octanol–water partition coefficient (Wildman–Crippen LogP) is 4.14. The van der Waals surface area contributed by atoms with Gasteiger partial charge in [-0.15, -0.1) is 0 Å². The quantitative estimate of drug-likeness (QED) is 0.902. The Morgan fingerprint density at radius 3 is 2.72 bits per heavy atom. The minimum absolute atomic E-state index is 0.100. The molecule has 0 saturated heterocycles. The number of benzene rings is 1. The Balaban J connectivity index is 2.63. The molecule has 18 heavy (non-hydrogen) atoms. The molecule has 2 nitrogen and oxygen atoms in total. The topological polar surface area (TPSA) is 25.2 Å². The van der Waals surface area contributed by atoms with Gasteiger partial charge in [0.25, 0.3) is 0 Å². The van der Waals surface area contributed by atoms with Crippen LogP contribution in [0.25, 0.3) is 11.0 Å². The number of hydrogen-bond donors (Lipinski definition) is 1. The van der Waals surface area contributed by atoms with E-state index in [0.29, 0.717) is 12.5 Å². The third-order valence-corrected chi connectivity index (χ3v) is 3.18. The van der Waals surface area contributed by atoms with Gasteiger partial charge < -0.3 is 9.73 Å². The SMILES string of the molecule is CNCc1oc2c(F)c(Cl)ccc2c1CC(C)C. The first-order valence-corrected chi connectivity index (χ1v) is 6.45. The molecule has 0 bridgehead atoms. The van der Waals surface area contributed by atoms with Gasteiger partial charge in [0.15, 0.2) is 11.4 Å². The molecule has 0 fully saturated rings. The molecule has 0 atom stereocenters. The average Bonchev–Trinajstić information content (AvgIpc) is 2.63. The Bertz CT molecular complexity index is 562. The number of halogens is 2. The van der Waals surface area contributed by atoms with E-state index in [1.807, 2.05) is 13.1 Å². The Morgan fingerprint density at radius 2 is 2.11 bits per heavy atom. The summed E-state index contributed by atoms with van der Waals surface area (Å²) in [4.78, 5) is 0. The molecule has 0 radical (unpaired) electrons. The molecular formula is C14H17ClFNO. The van der Waals surface area contributed by atoms with E-state index < -0.39 is 5.82 Å². The van der Waals surface area contributed by atoms with Crippen LogP contribution in [0.2, 0.25) is 5.02 Å². The summed E-state index contributed by atoms with van der Waals surface area (Å²) in [7, 11) is 1.84. The van der Waals surface area contributed by atoms with Crippen molar-refractivity contribution in [2.75, 3.05) is 7.05 Å². The second-order valence-electron chi connectivity index (χ2n) is 4.87. The van der Waals surface area contributed by atoms with Crippen molar-refractivity contribution in [1.82, 2.24) is 5.32 Å². The van der Waals surface area contributed by atoms with Crippen LogP contribution in [0.5, 0.6) is 0 Å². The summed E-state index contributed by atoms with van der Waals surface area (Å²) in [6.07, 6.45) is 0.866. The number of nitrogens with one attached hydrogen (secondary N) is 1. The van der Waals surface area contributed by atoms with E-state index in [-0.39, 0.29) is 10.6 Å². The van der Waals surface area contributed by atoms with Crippen LogP contribution in [-0.2, 0) is 13.0 Å². The van der Waals surface area contributed by atoms with Crippen molar-refractivity contribution >= 4 is 22.6 Å². The first-order chi connectivity index (χ1) is 8.54. The maximum atomic E-state index is 13.9. The average molecular weight is 270 g/mol. The minimum Gasteiger partial charge on any atom is -0.456 e. The standard InChI is InChI=1S/C14H17ClFNO/c1-8(2)6-10-9-4-5-11(15)13(16)14(9)18-12(10)7-17-3/h4-5,8,17H,6-7H2,1-3H3. The van der Waals surface area contributed by atoms with Crippen LogP contribution >= 0.6 is 11.6 Å². The van der Waals surface area contributed by atoms with E-state index in [1.165, 1.54) is 0 Å². The van der Waals surface area contributed by atoms with Gasteiger partial charge in [0.05, 0.1) is 11.6 Å². The van der Waals surface area contributed by atoms with E-state index in [0.717, 1.165) is 23.1 Å². The van der Waals surface area contributed by atoms with Crippen molar-refractivity contribution in [3.05, 3.63) is 34.3 Å². The van der Waals surface area contributed by atoms with Gasteiger partial charge in [-0.1, -0.05) is 25.4 Å². The summed E-state index contributed by atoms with van der Waals surface area (Å²) in [6, 6.07) is 3.42. The van der Waals surface area contributed by atoms with Gasteiger partial charge in [0.2, 0.25) is 0 Å². The molecule has 0 unspecified atom stereocenters. The van der Waals surface area contributed by atoms with Crippen LogP contribution in [0.4, 0.5) is 4.39 Å². The summed E-state index contributed by atoms with van der Waals surface area (Å²) in [5.41, 5.74) is 1.34. The molecule has 0 spiro atoms. The van der Waals surface area contributed by atoms with Gasteiger partial charge in [0, 0.05) is 10.9 Å². The fraction of sp³-hybridized carbons (Fsp3) is 0.429. The molecule has 0 aliphatic rings. The molecule has 1 N–H and O–H groups in total. The van der Waals surface area contributed by atoms with Gasteiger partial charge in [-0.3, -0.25) is 0 Å². The summed E-state index contributed by atoms with van der Waals surface area (Å²) in [5, 5.41) is 3.97. The summed E-state index contributed by atoms with van der Waals surface area (Å²) in [5.74, 6) is 0.809. The Labute approximate surface area is 111 Å². The van der Waals surface area contributed by atoms with Crippen LogP contribution in [0, 0.1) is 11.7 Å². The maximum absolute atomic E-state index is 13.9. The molecule has 4 heteroatoms.